The van der Waals surface area contributed by atoms with Gasteiger partial charge in [0.25, 0.3) is 0 Å². The van der Waals surface area contributed by atoms with E-state index >= 15 is 0 Å². The standard InChI is InChI=1S/C16H18BrNO2/c1-20-15-10-12(7-8-13(15)17)16(19)14(18)9-11-5-3-2-4-6-11/h2-8,10,14,16,19H,9,18H2,1H3/t14-,16?/m0/s1. The Morgan fingerprint density at radius 3 is 2.55 bits per heavy atom. The summed E-state index contributed by atoms with van der Waals surface area (Å²) in [4.78, 5) is 0. The van der Waals surface area contributed by atoms with Crippen LogP contribution in [-0.2, 0) is 6.42 Å². The van der Waals surface area contributed by atoms with Gasteiger partial charge in [-0.3, -0.25) is 0 Å². The van der Waals surface area contributed by atoms with Crippen molar-refractivity contribution >= 4 is 15.9 Å². The lowest BCUT2D eigenvalue weighted by molar-refractivity contribution is 0.146. The van der Waals surface area contributed by atoms with Crippen LogP contribution in [0, 0.1) is 0 Å². The third-order valence-electron chi connectivity index (χ3n) is 3.24. The molecule has 4 heteroatoms. The first kappa shape index (κ1) is 15.0. The molecule has 20 heavy (non-hydrogen) atoms. The molecule has 106 valence electrons. The van der Waals surface area contributed by atoms with Gasteiger partial charge >= 0.3 is 0 Å². The number of ether oxygens (including phenoxy) is 1. The highest BCUT2D eigenvalue weighted by atomic mass is 79.9. The SMILES string of the molecule is COc1cc(C(O)[C@@H](N)Cc2ccccc2)ccc1Br. The smallest absolute Gasteiger partial charge is 0.133 e. The van der Waals surface area contributed by atoms with E-state index in [1.54, 1.807) is 13.2 Å². The number of nitrogens with two attached hydrogens (primary N) is 1. The summed E-state index contributed by atoms with van der Waals surface area (Å²) in [6, 6.07) is 15.1. The summed E-state index contributed by atoms with van der Waals surface area (Å²) in [7, 11) is 1.60. The maximum Gasteiger partial charge on any atom is 0.133 e. The number of rotatable bonds is 5. The van der Waals surface area contributed by atoms with E-state index in [9.17, 15) is 5.11 Å². The Morgan fingerprint density at radius 1 is 1.20 bits per heavy atom. The Bertz CT molecular complexity index is 560. The lowest BCUT2D eigenvalue weighted by Crippen LogP contribution is -2.30. The fourth-order valence-corrected chi connectivity index (χ4v) is 2.51. The third kappa shape index (κ3) is 3.60. The zero-order valence-electron chi connectivity index (χ0n) is 11.3. The van der Waals surface area contributed by atoms with Gasteiger partial charge in [0.05, 0.1) is 17.7 Å². The number of aliphatic hydroxyl groups is 1. The molecule has 0 bridgehead atoms. The van der Waals surface area contributed by atoms with Crippen LogP contribution in [0.5, 0.6) is 5.75 Å². The molecule has 2 atom stereocenters. The van der Waals surface area contributed by atoms with Crippen molar-refractivity contribution in [1.82, 2.24) is 0 Å². The molecule has 0 aliphatic carbocycles. The monoisotopic (exact) mass is 335 g/mol. The third-order valence-corrected chi connectivity index (χ3v) is 3.89. The molecule has 0 radical (unpaired) electrons. The van der Waals surface area contributed by atoms with Crippen molar-refractivity contribution in [2.24, 2.45) is 5.73 Å². The molecule has 2 aromatic rings. The predicted octanol–water partition coefficient (Wildman–Crippen LogP) is 3.06. The van der Waals surface area contributed by atoms with Crippen molar-refractivity contribution in [2.75, 3.05) is 7.11 Å². The normalized spacial score (nSPS) is 13.8. The number of hydrogen-bond acceptors (Lipinski definition) is 3. The molecule has 2 aromatic carbocycles. The van der Waals surface area contributed by atoms with Gasteiger partial charge in [0.2, 0.25) is 0 Å². The zero-order chi connectivity index (χ0) is 14.5. The van der Waals surface area contributed by atoms with Crippen LogP contribution in [0.3, 0.4) is 0 Å². The van der Waals surface area contributed by atoms with Crippen molar-refractivity contribution in [3.05, 3.63) is 64.1 Å². The Morgan fingerprint density at radius 2 is 1.90 bits per heavy atom. The van der Waals surface area contributed by atoms with Crippen molar-refractivity contribution in [1.29, 1.82) is 0 Å². The van der Waals surface area contributed by atoms with Gasteiger partial charge in [-0.05, 0) is 45.6 Å². The van der Waals surface area contributed by atoms with Gasteiger partial charge in [-0.2, -0.15) is 0 Å². The first-order valence-corrected chi connectivity index (χ1v) is 7.22. The van der Waals surface area contributed by atoms with E-state index in [1.807, 2.05) is 42.5 Å². The maximum absolute atomic E-state index is 10.4. The van der Waals surface area contributed by atoms with Crippen molar-refractivity contribution in [3.8, 4) is 5.75 Å². The van der Waals surface area contributed by atoms with Crippen molar-refractivity contribution < 1.29 is 9.84 Å². The number of benzene rings is 2. The summed E-state index contributed by atoms with van der Waals surface area (Å²) >= 11 is 3.39. The fraction of sp³-hybridized carbons (Fsp3) is 0.250. The van der Waals surface area contributed by atoms with E-state index in [-0.39, 0.29) is 6.04 Å². The molecule has 2 rings (SSSR count). The van der Waals surface area contributed by atoms with Gasteiger partial charge in [-0.15, -0.1) is 0 Å². The minimum absolute atomic E-state index is 0.358. The van der Waals surface area contributed by atoms with Crippen LogP contribution < -0.4 is 10.5 Å². The average molecular weight is 336 g/mol. The second-order valence-corrected chi connectivity index (χ2v) is 5.55. The van der Waals surface area contributed by atoms with E-state index in [2.05, 4.69) is 15.9 Å². The molecule has 0 amide bonds. The average Bonchev–Trinajstić information content (AvgIpc) is 2.48. The number of hydrogen-bond donors (Lipinski definition) is 2. The van der Waals surface area contributed by atoms with E-state index in [0.29, 0.717) is 12.2 Å². The largest absolute Gasteiger partial charge is 0.496 e. The molecule has 0 saturated heterocycles. The molecular formula is C16H18BrNO2. The molecule has 3 nitrogen and oxygen atoms in total. The van der Waals surface area contributed by atoms with Gasteiger partial charge in [-0.25, -0.2) is 0 Å². The Kier molecular flexibility index (Phi) is 5.17. The maximum atomic E-state index is 10.4. The molecule has 3 N–H and O–H groups in total. The summed E-state index contributed by atoms with van der Waals surface area (Å²) in [6.45, 7) is 0. The molecule has 0 aromatic heterocycles. The summed E-state index contributed by atoms with van der Waals surface area (Å²) in [5, 5.41) is 10.4. The highest BCUT2D eigenvalue weighted by Crippen LogP contribution is 2.29. The van der Waals surface area contributed by atoms with Crippen LogP contribution in [0.4, 0.5) is 0 Å². The van der Waals surface area contributed by atoms with Gasteiger partial charge < -0.3 is 15.6 Å². The summed E-state index contributed by atoms with van der Waals surface area (Å²) in [5.41, 5.74) is 7.98. The van der Waals surface area contributed by atoms with Gasteiger partial charge in [0, 0.05) is 6.04 Å². The second-order valence-electron chi connectivity index (χ2n) is 4.69. The van der Waals surface area contributed by atoms with E-state index in [1.165, 1.54) is 0 Å². The highest BCUT2D eigenvalue weighted by Gasteiger charge is 2.18. The van der Waals surface area contributed by atoms with Crippen LogP contribution in [0.15, 0.2) is 53.0 Å². The van der Waals surface area contributed by atoms with Crippen molar-refractivity contribution in [3.63, 3.8) is 0 Å². The van der Waals surface area contributed by atoms with E-state index in [0.717, 1.165) is 15.6 Å². The Hall–Kier alpha value is -1.36. The number of aliphatic hydroxyl groups excluding tert-OH is 1. The number of halogens is 1. The molecule has 0 aliphatic heterocycles. The minimum atomic E-state index is -0.725. The summed E-state index contributed by atoms with van der Waals surface area (Å²) in [5.74, 6) is 0.688. The molecule has 0 aliphatic rings. The Labute approximate surface area is 127 Å². The summed E-state index contributed by atoms with van der Waals surface area (Å²) in [6.07, 6.45) is -0.0994. The first-order valence-electron chi connectivity index (χ1n) is 6.43. The predicted molar refractivity (Wildman–Crippen MR) is 83.8 cm³/mol. The van der Waals surface area contributed by atoms with E-state index < -0.39 is 6.10 Å². The minimum Gasteiger partial charge on any atom is -0.496 e. The molecule has 0 fully saturated rings. The molecule has 0 heterocycles. The second kappa shape index (κ2) is 6.88. The summed E-state index contributed by atoms with van der Waals surface area (Å²) < 4.78 is 6.09. The lowest BCUT2D eigenvalue weighted by Gasteiger charge is -2.20. The highest BCUT2D eigenvalue weighted by molar-refractivity contribution is 9.10. The first-order chi connectivity index (χ1) is 9.61. The van der Waals surface area contributed by atoms with Crippen LogP contribution >= 0.6 is 15.9 Å². The van der Waals surface area contributed by atoms with Crippen LogP contribution in [0.1, 0.15) is 17.2 Å². The topological polar surface area (TPSA) is 55.5 Å². The lowest BCUT2D eigenvalue weighted by atomic mass is 9.97. The van der Waals surface area contributed by atoms with Gasteiger partial charge in [-0.1, -0.05) is 36.4 Å². The molecule has 0 spiro atoms. The van der Waals surface area contributed by atoms with E-state index in [4.69, 9.17) is 10.5 Å². The Balaban J connectivity index is 2.12. The van der Waals surface area contributed by atoms with Crippen LogP contribution in [0.25, 0.3) is 0 Å². The fourth-order valence-electron chi connectivity index (χ4n) is 2.11. The van der Waals surface area contributed by atoms with Crippen LogP contribution in [-0.4, -0.2) is 18.3 Å². The molecule has 0 saturated carbocycles. The molecule has 1 unspecified atom stereocenters. The van der Waals surface area contributed by atoms with Gasteiger partial charge in [0.1, 0.15) is 5.75 Å². The van der Waals surface area contributed by atoms with Crippen molar-refractivity contribution in [2.45, 2.75) is 18.6 Å². The van der Waals surface area contributed by atoms with Gasteiger partial charge in [0.15, 0.2) is 0 Å². The zero-order valence-corrected chi connectivity index (χ0v) is 12.9. The quantitative estimate of drug-likeness (QED) is 0.882. The molecular weight excluding hydrogens is 318 g/mol. The van der Waals surface area contributed by atoms with Crippen LogP contribution in [0.2, 0.25) is 0 Å². The number of methoxy groups -OCH3 is 1.